The van der Waals surface area contributed by atoms with Gasteiger partial charge in [0.1, 0.15) is 22.5 Å². The zero-order valence-corrected chi connectivity index (χ0v) is 15.7. The first-order valence-corrected chi connectivity index (χ1v) is 9.37. The fourth-order valence-corrected chi connectivity index (χ4v) is 3.53. The minimum Gasteiger partial charge on any atom is -0.383 e. The van der Waals surface area contributed by atoms with Crippen LogP contribution >= 0.6 is 11.7 Å². The summed E-state index contributed by atoms with van der Waals surface area (Å²) in [5.41, 5.74) is 8.23. The molecule has 138 valence electrons. The number of nitrogen functional groups attached to an aromatic ring is 1. The Morgan fingerprint density at radius 3 is 2.81 bits per heavy atom. The van der Waals surface area contributed by atoms with Gasteiger partial charge < -0.3 is 10.6 Å². The van der Waals surface area contributed by atoms with E-state index in [4.69, 9.17) is 5.73 Å². The van der Waals surface area contributed by atoms with Crippen LogP contribution in [0.1, 0.15) is 32.3 Å². The molecule has 0 spiro atoms. The number of aromatic nitrogens is 4. The van der Waals surface area contributed by atoms with E-state index in [1.807, 2.05) is 36.9 Å². The van der Waals surface area contributed by atoms with Crippen molar-refractivity contribution in [2.75, 3.05) is 17.2 Å². The average molecular weight is 374 g/mol. The zero-order valence-electron chi connectivity index (χ0n) is 14.9. The Morgan fingerprint density at radius 2 is 2.08 bits per heavy atom. The maximum atomic E-state index is 12.5. The lowest BCUT2D eigenvalue weighted by Crippen LogP contribution is -2.38. The molecule has 1 aromatic carbocycles. The molecule has 3 N–H and O–H groups in total. The third-order valence-corrected chi connectivity index (χ3v) is 4.92. The number of hydrogen-bond donors (Lipinski definition) is 2. The summed E-state index contributed by atoms with van der Waals surface area (Å²) in [5, 5.41) is 0. The van der Waals surface area contributed by atoms with Gasteiger partial charge in [-0.1, -0.05) is 25.5 Å². The highest BCUT2D eigenvalue weighted by atomic mass is 32.1. The minimum atomic E-state index is -0.467. The summed E-state index contributed by atoms with van der Waals surface area (Å²) in [6.07, 6.45) is 1.74. The summed E-state index contributed by atoms with van der Waals surface area (Å²) in [6, 6.07) is 5.79. The van der Waals surface area contributed by atoms with Crippen molar-refractivity contribution in [3.05, 3.63) is 44.6 Å². The van der Waals surface area contributed by atoms with E-state index >= 15 is 0 Å². The predicted octanol–water partition coefficient (Wildman–Crippen LogP) is 1.95. The Hall–Kier alpha value is -2.68. The zero-order chi connectivity index (χ0) is 18.7. The maximum Gasteiger partial charge on any atom is 0.330 e. The number of rotatable bonds is 7. The molecule has 2 aromatic heterocycles. The molecule has 3 rings (SSSR count). The molecule has 0 radical (unpaired) electrons. The lowest BCUT2D eigenvalue weighted by Gasteiger charge is -2.25. The number of aromatic amines is 1. The number of nitrogens with two attached hydrogens (primary N) is 1. The van der Waals surface area contributed by atoms with Crippen LogP contribution in [-0.2, 0) is 13.1 Å². The molecule has 3 aromatic rings. The van der Waals surface area contributed by atoms with E-state index in [0.717, 1.165) is 41.2 Å². The Bertz CT molecular complexity index is 1020. The van der Waals surface area contributed by atoms with Crippen LogP contribution in [0.25, 0.3) is 11.0 Å². The van der Waals surface area contributed by atoms with Gasteiger partial charge in [-0.25, -0.2) is 4.79 Å². The molecule has 0 atom stereocenters. The van der Waals surface area contributed by atoms with Gasteiger partial charge in [0.05, 0.1) is 11.7 Å². The first kappa shape index (κ1) is 18.1. The Morgan fingerprint density at radius 1 is 1.27 bits per heavy atom. The van der Waals surface area contributed by atoms with Gasteiger partial charge in [0, 0.05) is 25.2 Å². The normalized spacial score (nSPS) is 11.2. The van der Waals surface area contributed by atoms with Gasteiger partial charge in [0.2, 0.25) is 0 Å². The highest BCUT2D eigenvalue weighted by Gasteiger charge is 2.19. The van der Waals surface area contributed by atoms with Crippen LogP contribution in [0.4, 0.5) is 11.5 Å². The van der Waals surface area contributed by atoms with E-state index in [0.29, 0.717) is 25.3 Å². The Balaban J connectivity index is 2.04. The lowest BCUT2D eigenvalue weighted by molar-refractivity contribution is 0.602. The van der Waals surface area contributed by atoms with Gasteiger partial charge in [-0.2, -0.15) is 8.75 Å². The van der Waals surface area contributed by atoms with E-state index in [-0.39, 0.29) is 5.82 Å². The minimum absolute atomic E-state index is 0.206. The number of nitrogens with zero attached hydrogens (tertiary/aromatic N) is 4. The van der Waals surface area contributed by atoms with Crippen molar-refractivity contribution < 1.29 is 0 Å². The molecule has 0 aliphatic rings. The van der Waals surface area contributed by atoms with Crippen molar-refractivity contribution in [2.45, 2.75) is 39.8 Å². The summed E-state index contributed by atoms with van der Waals surface area (Å²) in [6.45, 7) is 5.48. The highest BCUT2D eigenvalue weighted by Crippen LogP contribution is 2.23. The molecule has 2 heterocycles. The molecule has 0 aliphatic heterocycles. The molecule has 26 heavy (non-hydrogen) atoms. The predicted molar refractivity (Wildman–Crippen MR) is 105 cm³/mol. The number of unbranched alkanes of at least 4 members (excludes halogenated alkanes) is 1. The van der Waals surface area contributed by atoms with Crippen LogP contribution in [0.3, 0.4) is 0 Å². The standard InChI is InChI=1S/C17H22N6O2S/c1-3-5-9-23-15(18)14(16(24)19-17(23)25)22(4-2)10-11-7-6-8-12-13(11)21-26-20-12/h6-8H,3-5,9-10,18H2,1-2H3,(H,19,24,25). The van der Waals surface area contributed by atoms with Crippen LogP contribution in [-0.4, -0.2) is 24.8 Å². The fourth-order valence-electron chi connectivity index (χ4n) is 2.97. The lowest BCUT2D eigenvalue weighted by atomic mass is 10.1. The SMILES string of the molecule is CCCCn1c(N)c(N(CC)Cc2cccc3nsnc23)c(=O)[nH]c1=O. The van der Waals surface area contributed by atoms with Crippen LogP contribution in [0, 0.1) is 0 Å². The number of nitrogens with one attached hydrogen (secondary N) is 1. The largest absolute Gasteiger partial charge is 0.383 e. The molecule has 0 aliphatic carbocycles. The van der Waals surface area contributed by atoms with Crippen LogP contribution < -0.4 is 21.9 Å². The Labute approximate surface area is 154 Å². The summed E-state index contributed by atoms with van der Waals surface area (Å²) >= 11 is 1.16. The molecule has 0 saturated carbocycles. The van der Waals surface area contributed by atoms with E-state index in [1.165, 1.54) is 4.57 Å². The summed E-state index contributed by atoms with van der Waals surface area (Å²) in [7, 11) is 0. The molecule has 0 bridgehead atoms. The van der Waals surface area contributed by atoms with E-state index in [9.17, 15) is 9.59 Å². The van der Waals surface area contributed by atoms with Crippen molar-refractivity contribution >= 4 is 34.3 Å². The molecule has 8 nitrogen and oxygen atoms in total. The molecule has 0 saturated heterocycles. The topological polar surface area (TPSA) is 110 Å². The first-order valence-electron chi connectivity index (χ1n) is 8.64. The number of hydrogen-bond acceptors (Lipinski definition) is 7. The van der Waals surface area contributed by atoms with Gasteiger partial charge >= 0.3 is 5.69 Å². The van der Waals surface area contributed by atoms with Crippen molar-refractivity contribution in [1.29, 1.82) is 0 Å². The van der Waals surface area contributed by atoms with Crippen molar-refractivity contribution in [2.24, 2.45) is 0 Å². The molecule has 9 heteroatoms. The van der Waals surface area contributed by atoms with E-state index in [2.05, 4.69) is 13.7 Å². The third-order valence-electron chi connectivity index (χ3n) is 4.38. The second-order valence-corrected chi connectivity index (χ2v) is 6.59. The van der Waals surface area contributed by atoms with E-state index < -0.39 is 11.2 Å². The number of H-pyrrole nitrogens is 1. The summed E-state index contributed by atoms with van der Waals surface area (Å²) < 4.78 is 10.0. The van der Waals surface area contributed by atoms with Crippen LogP contribution in [0.15, 0.2) is 27.8 Å². The number of anilines is 2. The Kier molecular flexibility index (Phi) is 5.36. The maximum absolute atomic E-state index is 12.5. The van der Waals surface area contributed by atoms with E-state index in [1.54, 1.807) is 0 Å². The van der Waals surface area contributed by atoms with Crippen LogP contribution in [0.2, 0.25) is 0 Å². The van der Waals surface area contributed by atoms with Crippen LogP contribution in [0.5, 0.6) is 0 Å². The molecular weight excluding hydrogens is 352 g/mol. The van der Waals surface area contributed by atoms with Gasteiger partial charge in [-0.15, -0.1) is 0 Å². The second kappa shape index (κ2) is 7.69. The third kappa shape index (κ3) is 3.34. The smallest absolute Gasteiger partial charge is 0.330 e. The number of fused-ring (bicyclic) bond motifs is 1. The van der Waals surface area contributed by atoms with Crippen molar-refractivity contribution in [3.8, 4) is 0 Å². The molecule has 0 unspecified atom stereocenters. The quantitative estimate of drug-likeness (QED) is 0.654. The van der Waals surface area contributed by atoms with Gasteiger partial charge in [0.15, 0.2) is 0 Å². The summed E-state index contributed by atoms with van der Waals surface area (Å²) in [5.74, 6) is 0.206. The summed E-state index contributed by atoms with van der Waals surface area (Å²) in [4.78, 5) is 28.9. The van der Waals surface area contributed by atoms with Crippen molar-refractivity contribution in [1.82, 2.24) is 18.3 Å². The average Bonchev–Trinajstić information content (AvgIpc) is 3.10. The molecule has 0 fully saturated rings. The van der Waals surface area contributed by atoms with Gasteiger partial charge in [-0.05, 0) is 19.4 Å². The van der Waals surface area contributed by atoms with Gasteiger partial charge in [-0.3, -0.25) is 14.3 Å². The molecule has 0 amide bonds. The van der Waals surface area contributed by atoms with Gasteiger partial charge in [0.25, 0.3) is 5.56 Å². The highest BCUT2D eigenvalue weighted by molar-refractivity contribution is 7.00. The first-order chi connectivity index (χ1) is 12.6. The monoisotopic (exact) mass is 374 g/mol. The molecular formula is C17H22N6O2S. The van der Waals surface area contributed by atoms with Crippen molar-refractivity contribution in [3.63, 3.8) is 0 Å². The second-order valence-electron chi connectivity index (χ2n) is 6.06. The fraction of sp³-hybridized carbons (Fsp3) is 0.412. The number of benzene rings is 1.